The van der Waals surface area contributed by atoms with Crippen LogP contribution < -0.4 is 0 Å². The molecule has 0 saturated carbocycles. The molecule has 26 heavy (non-hydrogen) atoms. The van der Waals surface area contributed by atoms with Crippen molar-refractivity contribution in [2.24, 2.45) is 0 Å². The van der Waals surface area contributed by atoms with E-state index in [0.29, 0.717) is 6.61 Å². The molecule has 1 aromatic rings. The van der Waals surface area contributed by atoms with Crippen LogP contribution in [0.5, 0.6) is 0 Å². The molecule has 0 spiro atoms. The van der Waals surface area contributed by atoms with E-state index in [2.05, 4.69) is 11.7 Å². The van der Waals surface area contributed by atoms with Crippen molar-refractivity contribution in [3.8, 4) is 0 Å². The van der Waals surface area contributed by atoms with Crippen LogP contribution in [0.4, 0.5) is 13.2 Å². The van der Waals surface area contributed by atoms with Gasteiger partial charge in [0.25, 0.3) is 0 Å². The van der Waals surface area contributed by atoms with Gasteiger partial charge in [0.2, 0.25) is 0 Å². The number of halogens is 3. The average molecular weight is 374 g/mol. The van der Waals surface area contributed by atoms with Crippen molar-refractivity contribution < 1.29 is 32.2 Å². The molecule has 146 valence electrons. The minimum atomic E-state index is -4.62. The van der Waals surface area contributed by atoms with Gasteiger partial charge < -0.3 is 9.47 Å². The third kappa shape index (κ3) is 7.89. The maximum absolute atomic E-state index is 12.4. The predicted octanol–water partition coefficient (Wildman–Crippen LogP) is 5.31. The molecule has 0 aromatic heterocycles. The lowest BCUT2D eigenvalue weighted by Crippen LogP contribution is -2.30. The molecule has 0 aliphatic heterocycles. The summed E-state index contributed by atoms with van der Waals surface area (Å²) in [6.07, 6.45) is -0.366. The molecule has 0 amide bonds. The Kier molecular flexibility index (Phi) is 9.16. The molecular formula is C19H25F3O4. The lowest BCUT2D eigenvalue weighted by molar-refractivity contribution is -0.198. The van der Waals surface area contributed by atoms with Gasteiger partial charge in [0, 0.05) is 0 Å². The number of esters is 2. The van der Waals surface area contributed by atoms with Gasteiger partial charge in [-0.15, -0.1) is 0 Å². The lowest BCUT2D eigenvalue weighted by Gasteiger charge is -2.16. The van der Waals surface area contributed by atoms with Gasteiger partial charge in [0.05, 0.1) is 17.7 Å². The van der Waals surface area contributed by atoms with Crippen LogP contribution in [0.1, 0.15) is 73.1 Å². The van der Waals surface area contributed by atoms with Crippen LogP contribution in [0.3, 0.4) is 0 Å². The molecule has 1 atom stereocenters. The summed E-state index contributed by atoms with van der Waals surface area (Å²) in [7, 11) is 0. The molecule has 0 bridgehead atoms. The minimum absolute atomic E-state index is 0.0615. The summed E-state index contributed by atoms with van der Waals surface area (Å²) in [6, 6.07) is 5.15. The highest BCUT2D eigenvalue weighted by Gasteiger charge is 2.39. The topological polar surface area (TPSA) is 52.6 Å². The zero-order chi connectivity index (χ0) is 19.6. The molecule has 0 aliphatic rings. The van der Waals surface area contributed by atoms with Crippen molar-refractivity contribution in [3.63, 3.8) is 0 Å². The number of unbranched alkanes of at least 4 members (excludes halogenated alkanes) is 5. The van der Waals surface area contributed by atoms with Crippen molar-refractivity contribution in [1.82, 2.24) is 0 Å². The number of hydrogen-bond acceptors (Lipinski definition) is 4. The lowest BCUT2D eigenvalue weighted by atomic mass is 10.1. The first kappa shape index (κ1) is 22.0. The Labute approximate surface area is 151 Å². The van der Waals surface area contributed by atoms with Crippen molar-refractivity contribution in [2.75, 3.05) is 6.61 Å². The number of carbonyl (C=O) groups excluding carboxylic acids is 2. The average Bonchev–Trinajstić information content (AvgIpc) is 2.60. The van der Waals surface area contributed by atoms with Crippen LogP contribution in [-0.2, 0) is 9.47 Å². The van der Waals surface area contributed by atoms with Crippen molar-refractivity contribution in [1.29, 1.82) is 0 Å². The summed E-state index contributed by atoms with van der Waals surface area (Å²) in [6.45, 7) is 3.22. The van der Waals surface area contributed by atoms with Crippen LogP contribution in [-0.4, -0.2) is 30.8 Å². The maximum atomic E-state index is 12.4. The largest absolute Gasteiger partial charge is 0.462 e. The standard InChI is InChI=1S/C19H25F3O4/c1-3-4-5-6-7-8-13-25-17(23)15-9-11-16(12-10-15)18(24)26-14(2)19(20,21)22/h9-12,14H,3-8,13H2,1-2H3. The van der Waals surface area contributed by atoms with Gasteiger partial charge in [-0.3, -0.25) is 0 Å². The summed E-state index contributed by atoms with van der Waals surface area (Å²) >= 11 is 0. The molecule has 0 saturated heterocycles. The van der Waals surface area contributed by atoms with E-state index in [1.807, 2.05) is 0 Å². The second-order valence-electron chi connectivity index (χ2n) is 6.07. The van der Waals surface area contributed by atoms with Crippen LogP contribution >= 0.6 is 0 Å². The summed E-state index contributed by atoms with van der Waals surface area (Å²) < 4.78 is 46.7. The highest BCUT2D eigenvalue weighted by molar-refractivity contribution is 5.93. The quantitative estimate of drug-likeness (QED) is 0.411. The van der Waals surface area contributed by atoms with Gasteiger partial charge in [0.15, 0.2) is 6.10 Å². The third-order valence-corrected chi connectivity index (χ3v) is 3.83. The van der Waals surface area contributed by atoms with E-state index in [4.69, 9.17) is 4.74 Å². The Morgan fingerprint density at radius 1 is 0.923 bits per heavy atom. The zero-order valence-electron chi connectivity index (χ0n) is 15.1. The molecule has 0 radical (unpaired) electrons. The minimum Gasteiger partial charge on any atom is -0.462 e. The molecule has 1 rings (SSSR count). The second-order valence-corrected chi connectivity index (χ2v) is 6.07. The van der Waals surface area contributed by atoms with E-state index < -0.39 is 24.2 Å². The summed E-state index contributed by atoms with van der Waals surface area (Å²) in [4.78, 5) is 23.5. The Bertz CT molecular complexity index is 567. The molecule has 1 unspecified atom stereocenters. The normalized spacial score (nSPS) is 12.5. The second kappa shape index (κ2) is 10.8. The van der Waals surface area contributed by atoms with Gasteiger partial charge in [-0.25, -0.2) is 9.59 Å². The van der Waals surface area contributed by atoms with E-state index in [0.717, 1.165) is 26.2 Å². The summed E-state index contributed by atoms with van der Waals surface area (Å²) in [5.41, 5.74) is 0.171. The smallest absolute Gasteiger partial charge is 0.425 e. The van der Waals surface area contributed by atoms with Gasteiger partial charge in [-0.1, -0.05) is 39.0 Å². The molecule has 1 aromatic carbocycles. The van der Waals surface area contributed by atoms with E-state index >= 15 is 0 Å². The van der Waals surface area contributed by atoms with Crippen molar-refractivity contribution in [2.45, 2.75) is 64.7 Å². The van der Waals surface area contributed by atoms with Crippen LogP contribution in [0, 0.1) is 0 Å². The number of hydrogen-bond donors (Lipinski definition) is 0. The van der Waals surface area contributed by atoms with E-state index in [1.54, 1.807) is 0 Å². The maximum Gasteiger partial charge on any atom is 0.425 e. The zero-order valence-corrected chi connectivity index (χ0v) is 15.1. The molecule has 0 N–H and O–H groups in total. The number of rotatable bonds is 10. The highest BCUT2D eigenvalue weighted by atomic mass is 19.4. The van der Waals surface area contributed by atoms with Crippen LogP contribution in [0.15, 0.2) is 24.3 Å². The first-order valence-electron chi connectivity index (χ1n) is 8.80. The Balaban J connectivity index is 2.41. The first-order chi connectivity index (χ1) is 12.3. The van der Waals surface area contributed by atoms with Crippen molar-refractivity contribution in [3.05, 3.63) is 35.4 Å². The van der Waals surface area contributed by atoms with Crippen LogP contribution in [0.25, 0.3) is 0 Å². The third-order valence-electron chi connectivity index (χ3n) is 3.83. The fraction of sp³-hybridized carbons (Fsp3) is 0.579. The van der Waals surface area contributed by atoms with Gasteiger partial charge in [-0.05, 0) is 37.6 Å². The van der Waals surface area contributed by atoms with Gasteiger partial charge in [-0.2, -0.15) is 13.2 Å². The summed E-state index contributed by atoms with van der Waals surface area (Å²) in [5.74, 6) is -1.62. The van der Waals surface area contributed by atoms with Gasteiger partial charge >= 0.3 is 18.1 Å². The molecule has 0 aliphatic carbocycles. The van der Waals surface area contributed by atoms with E-state index in [9.17, 15) is 22.8 Å². The fourth-order valence-electron chi connectivity index (χ4n) is 2.17. The number of carbonyl (C=O) groups is 2. The Morgan fingerprint density at radius 2 is 1.42 bits per heavy atom. The number of alkyl halides is 3. The summed E-state index contributed by atoms with van der Waals surface area (Å²) in [5, 5.41) is 0. The van der Waals surface area contributed by atoms with Crippen LogP contribution in [0.2, 0.25) is 0 Å². The number of ether oxygens (including phenoxy) is 2. The van der Waals surface area contributed by atoms with E-state index in [-0.39, 0.29) is 11.1 Å². The highest BCUT2D eigenvalue weighted by Crippen LogP contribution is 2.23. The molecule has 0 heterocycles. The number of benzene rings is 1. The van der Waals surface area contributed by atoms with Gasteiger partial charge in [0.1, 0.15) is 0 Å². The molecule has 7 heteroatoms. The fourth-order valence-corrected chi connectivity index (χ4v) is 2.17. The monoisotopic (exact) mass is 374 g/mol. The first-order valence-corrected chi connectivity index (χ1v) is 8.80. The van der Waals surface area contributed by atoms with E-state index in [1.165, 1.54) is 43.5 Å². The molecular weight excluding hydrogens is 349 g/mol. The molecule has 0 fully saturated rings. The van der Waals surface area contributed by atoms with Crippen molar-refractivity contribution >= 4 is 11.9 Å². The SMILES string of the molecule is CCCCCCCCOC(=O)c1ccc(C(=O)OC(C)C(F)(F)F)cc1. The Hall–Kier alpha value is -2.05. The molecule has 4 nitrogen and oxygen atoms in total. The Morgan fingerprint density at radius 3 is 1.96 bits per heavy atom. The predicted molar refractivity (Wildman–Crippen MR) is 91.0 cm³/mol.